The van der Waals surface area contributed by atoms with Gasteiger partial charge in [-0.1, -0.05) is 20.3 Å². The number of hydrogen-bond acceptors (Lipinski definition) is 7. The first-order chi connectivity index (χ1) is 14.6. The topological polar surface area (TPSA) is 200 Å². The summed E-state index contributed by atoms with van der Waals surface area (Å²) in [5.74, 6) is -4.35. The molecule has 0 aliphatic carbocycles. The molecule has 176 valence electrons. The van der Waals surface area contributed by atoms with Gasteiger partial charge in [0.1, 0.15) is 18.1 Å². The van der Waals surface area contributed by atoms with Gasteiger partial charge in [0, 0.05) is 6.42 Å². The van der Waals surface area contributed by atoms with Crippen molar-refractivity contribution in [2.75, 3.05) is 13.2 Å². The van der Waals surface area contributed by atoms with E-state index < -0.39 is 60.4 Å². The van der Waals surface area contributed by atoms with Crippen molar-refractivity contribution >= 4 is 29.6 Å². The zero-order valence-electron chi connectivity index (χ0n) is 17.8. The van der Waals surface area contributed by atoms with Gasteiger partial charge >= 0.3 is 5.97 Å². The van der Waals surface area contributed by atoms with Gasteiger partial charge in [-0.15, -0.1) is 0 Å². The number of amides is 4. The van der Waals surface area contributed by atoms with Crippen LogP contribution < -0.4 is 27.0 Å². The molecule has 8 N–H and O–H groups in total. The lowest BCUT2D eigenvalue weighted by Gasteiger charge is -2.27. The van der Waals surface area contributed by atoms with Crippen molar-refractivity contribution in [2.24, 2.45) is 11.7 Å². The van der Waals surface area contributed by atoms with Crippen LogP contribution in [0.5, 0.6) is 0 Å². The van der Waals surface area contributed by atoms with Crippen LogP contribution in [0, 0.1) is 5.92 Å². The number of carbonyl (C=O) groups is 5. The van der Waals surface area contributed by atoms with Crippen molar-refractivity contribution < 1.29 is 34.2 Å². The third-order valence-corrected chi connectivity index (χ3v) is 5.28. The van der Waals surface area contributed by atoms with Crippen LogP contribution in [-0.4, -0.2) is 77.1 Å². The van der Waals surface area contributed by atoms with Crippen molar-refractivity contribution in [2.45, 2.75) is 70.1 Å². The first-order valence-corrected chi connectivity index (χ1v) is 10.4. The van der Waals surface area contributed by atoms with Gasteiger partial charge in [-0.05, 0) is 31.7 Å². The van der Waals surface area contributed by atoms with Gasteiger partial charge in [-0.2, -0.15) is 0 Å². The van der Waals surface area contributed by atoms with Gasteiger partial charge in [0.25, 0.3) is 0 Å². The Morgan fingerprint density at radius 2 is 1.77 bits per heavy atom. The largest absolute Gasteiger partial charge is 0.480 e. The van der Waals surface area contributed by atoms with E-state index in [4.69, 9.17) is 5.73 Å². The number of hydrogen-bond donors (Lipinski definition) is 7. The molecule has 12 heteroatoms. The van der Waals surface area contributed by atoms with Gasteiger partial charge in [0.05, 0.1) is 12.6 Å². The summed E-state index contributed by atoms with van der Waals surface area (Å²) in [5, 5.41) is 29.1. The third kappa shape index (κ3) is 8.50. The van der Waals surface area contributed by atoms with Crippen LogP contribution >= 0.6 is 0 Å². The molecule has 1 fully saturated rings. The molecule has 12 nitrogen and oxygen atoms in total. The summed E-state index contributed by atoms with van der Waals surface area (Å²) in [6, 6.07) is -4.18. The molecule has 0 aromatic carbocycles. The second kappa shape index (κ2) is 12.8. The molecular weight excluding hydrogens is 410 g/mol. The Balaban J connectivity index is 2.82. The third-order valence-electron chi connectivity index (χ3n) is 5.28. The molecule has 0 radical (unpaired) electrons. The number of aliphatic carboxylic acids is 1. The van der Waals surface area contributed by atoms with Crippen molar-refractivity contribution in [3.05, 3.63) is 0 Å². The van der Waals surface area contributed by atoms with Crippen LogP contribution in [0.4, 0.5) is 0 Å². The van der Waals surface area contributed by atoms with Gasteiger partial charge in [0.15, 0.2) is 0 Å². The molecule has 1 aliphatic heterocycles. The van der Waals surface area contributed by atoms with Gasteiger partial charge in [-0.3, -0.25) is 19.2 Å². The Hall–Kier alpha value is -2.73. The average molecular weight is 444 g/mol. The van der Waals surface area contributed by atoms with Crippen LogP contribution in [-0.2, 0) is 24.0 Å². The highest BCUT2D eigenvalue weighted by Crippen LogP contribution is 2.10. The summed E-state index contributed by atoms with van der Waals surface area (Å²) in [7, 11) is 0. The molecule has 5 unspecified atom stereocenters. The molecule has 1 rings (SSSR count). The maximum absolute atomic E-state index is 12.7. The second-order valence-corrected chi connectivity index (χ2v) is 7.67. The molecule has 4 amide bonds. The van der Waals surface area contributed by atoms with Crippen LogP contribution in [0.15, 0.2) is 0 Å². The second-order valence-electron chi connectivity index (χ2n) is 7.67. The minimum Gasteiger partial charge on any atom is -0.480 e. The maximum Gasteiger partial charge on any atom is 0.326 e. The molecule has 31 heavy (non-hydrogen) atoms. The molecule has 5 atom stereocenters. The fourth-order valence-corrected chi connectivity index (χ4v) is 3.14. The lowest BCUT2D eigenvalue weighted by atomic mass is 9.97. The summed E-state index contributed by atoms with van der Waals surface area (Å²) >= 11 is 0. The number of aliphatic hydroxyl groups excluding tert-OH is 1. The number of primary amides is 1. The first kappa shape index (κ1) is 26.3. The monoisotopic (exact) mass is 443 g/mol. The van der Waals surface area contributed by atoms with Gasteiger partial charge in [0.2, 0.25) is 23.6 Å². The Morgan fingerprint density at radius 1 is 1.10 bits per heavy atom. The molecule has 0 aromatic rings. The Kier molecular flexibility index (Phi) is 10.9. The zero-order valence-corrected chi connectivity index (χ0v) is 17.8. The van der Waals surface area contributed by atoms with Crippen molar-refractivity contribution in [3.63, 3.8) is 0 Å². The molecule has 0 spiro atoms. The summed E-state index contributed by atoms with van der Waals surface area (Å²) in [6.07, 6.45) is 1.50. The summed E-state index contributed by atoms with van der Waals surface area (Å²) in [6.45, 7) is 3.49. The molecule has 1 saturated heterocycles. The quantitative estimate of drug-likeness (QED) is 0.163. The van der Waals surface area contributed by atoms with E-state index in [1.54, 1.807) is 13.8 Å². The highest BCUT2D eigenvalue weighted by molar-refractivity contribution is 5.94. The standard InChI is InChI=1S/C19H33N5O7/c1-3-10(2)15(18(29)22-12(19(30)31)6-7-14(20)26)24-17(28)13(9-25)23-16(27)11-5-4-8-21-11/h10-13,15,21,25H,3-9H2,1-2H3,(H2,20,26)(H,22,29)(H,23,27)(H,24,28)(H,30,31). The molecular formula is C19H33N5O7. The molecule has 0 saturated carbocycles. The number of carbonyl (C=O) groups excluding carboxylic acids is 4. The van der Waals surface area contributed by atoms with E-state index in [1.165, 1.54) is 0 Å². The SMILES string of the molecule is CCC(C)C(NC(=O)C(CO)NC(=O)C1CCCN1)C(=O)NC(CCC(N)=O)C(=O)O. The van der Waals surface area contributed by atoms with Crippen molar-refractivity contribution in [1.29, 1.82) is 0 Å². The molecule has 0 aromatic heterocycles. The van der Waals surface area contributed by atoms with E-state index in [9.17, 15) is 34.2 Å². The number of nitrogens with one attached hydrogen (secondary N) is 4. The molecule has 1 heterocycles. The maximum atomic E-state index is 12.7. The van der Waals surface area contributed by atoms with E-state index in [0.717, 1.165) is 6.42 Å². The smallest absolute Gasteiger partial charge is 0.326 e. The van der Waals surface area contributed by atoms with E-state index in [2.05, 4.69) is 21.3 Å². The van der Waals surface area contributed by atoms with Crippen LogP contribution in [0.2, 0.25) is 0 Å². The van der Waals surface area contributed by atoms with E-state index in [1.807, 2.05) is 0 Å². The summed E-state index contributed by atoms with van der Waals surface area (Å²) in [4.78, 5) is 59.9. The zero-order chi connectivity index (χ0) is 23.6. The fourth-order valence-electron chi connectivity index (χ4n) is 3.14. The number of carboxylic acids is 1. The number of carboxylic acid groups (broad SMARTS) is 1. The minimum absolute atomic E-state index is 0.193. The normalized spacial score (nSPS) is 19.5. The van der Waals surface area contributed by atoms with Crippen LogP contribution in [0.25, 0.3) is 0 Å². The van der Waals surface area contributed by atoms with E-state index in [-0.39, 0.29) is 18.8 Å². The van der Waals surface area contributed by atoms with Gasteiger partial charge in [-0.25, -0.2) is 4.79 Å². The van der Waals surface area contributed by atoms with E-state index >= 15 is 0 Å². The van der Waals surface area contributed by atoms with Crippen LogP contribution in [0.3, 0.4) is 0 Å². The van der Waals surface area contributed by atoms with E-state index in [0.29, 0.717) is 19.4 Å². The Labute approximate surface area is 180 Å². The fraction of sp³-hybridized carbons (Fsp3) is 0.737. The number of nitrogens with two attached hydrogens (primary N) is 1. The van der Waals surface area contributed by atoms with Crippen LogP contribution in [0.1, 0.15) is 46.0 Å². The molecule has 0 bridgehead atoms. The predicted molar refractivity (Wildman–Crippen MR) is 109 cm³/mol. The predicted octanol–water partition coefficient (Wildman–Crippen LogP) is -2.42. The number of aliphatic hydroxyl groups is 1. The number of rotatable bonds is 13. The van der Waals surface area contributed by atoms with Crippen molar-refractivity contribution in [3.8, 4) is 0 Å². The highest BCUT2D eigenvalue weighted by Gasteiger charge is 2.33. The highest BCUT2D eigenvalue weighted by atomic mass is 16.4. The lowest BCUT2D eigenvalue weighted by molar-refractivity contribution is -0.143. The average Bonchev–Trinajstić information content (AvgIpc) is 3.26. The summed E-state index contributed by atoms with van der Waals surface area (Å²) < 4.78 is 0. The van der Waals surface area contributed by atoms with Gasteiger partial charge < -0.3 is 37.2 Å². The van der Waals surface area contributed by atoms with Crippen molar-refractivity contribution in [1.82, 2.24) is 21.3 Å². The Morgan fingerprint density at radius 3 is 2.26 bits per heavy atom. The summed E-state index contributed by atoms with van der Waals surface area (Å²) in [5.41, 5.74) is 5.04. The minimum atomic E-state index is -1.36. The molecule has 1 aliphatic rings. The first-order valence-electron chi connectivity index (χ1n) is 10.4. The Bertz CT molecular complexity index is 666. The lowest BCUT2D eigenvalue weighted by Crippen LogP contribution is -2.59.